The summed E-state index contributed by atoms with van der Waals surface area (Å²) in [6.07, 6.45) is 1.81. The van der Waals surface area contributed by atoms with Crippen LogP contribution in [0.4, 0.5) is 0 Å². The van der Waals surface area contributed by atoms with Crippen LogP contribution < -0.4 is 0 Å². The highest BCUT2D eigenvalue weighted by Crippen LogP contribution is 2.21. The van der Waals surface area contributed by atoms with E-state index in [9.17, 15) is 4.79 Å². The third-order valence-corrected chi connectivity index (χ3v) is 5.81. The molecule has 0 bridgehead atoms. The normalized spacial score (nSPS) is 11.2. The van der Waals surface area contributed by atoms with E-state index in [2.05, 4.69) is 45.0 Å². The van der Waals surface area contributed by atoms with Crippen LogP contribution in [0.15, 0.2) is 28.7 Å². The van der Waals surface area contributed by atoms with Crippen molar-refractivity contribution in [2.75, 3.05) is 5.75 Å². The van der Waals surface area contributed by atoms with Crippen LogP contribution >= 0.6 is 23.1 Å². The Balaban J connectivity index is 1.61. The van der Waals surface area contributed by atoms with E-state index in [0.29, 0.717) is 10.9 Å². The summed E-state index contributed by atoms with van der Waals surface area (Å²) in [5, 5.41) is 9.85. The maximum absolute atomic E-state index is 12.6. The van der Waals surface area contributed by atoms with Gasteiger partial charge in [-0.05, 0) is 37.8 Å². The van der Waals surface area contributed by atoms with Crippen molar-refractivity contribution in [2.45, 2.75) is 45.3 Å². The molecule has 0 aromatic carbocycles. The van der Waals surface area contributed by atoms with Gasteiger partial charge in [0.05, 0.1) is 5.75 Å². The Hall–Kier alpha value is -1.86. The van der Waals surface area contributed by atoms with Crippen molar-refractivity contribution in [3.63, 3.8) is 0 Å². The number of aromatic amines is 1. The number of aromatic nitrogens is 4. The Morgan fingerprint density at radius 2 is 2.24 bits per heavy atom. The second-order valence-electron chi connectivity index (χ2n) is 5.97. The van der Waals surface area contributed by atoms with E-state index < -0.39 is 0 Å². The number of rotatable bonds is 8. The second kappa shape index (κ2) is 8.01. The lowest BCUT2D eigenvalue weighted by Gasteiger charge is -2.07. The summed E-state index contributed by atoms with van der Waals surface area (Å²) in [6, 6.07) is 6.10. The highest BCUT2D eigenvalue weighted by Gasteiger charge is 2.16. The number of hydrogen-bond acceptors (Lipinski definition) is 5. The van der Waals surface area contributed by atoms with Crippen molar-refractivity contribution in [3.8, 4) is 0 Å². The first kappa shape index (κ1) is 17.9. The maximum Gasteiger partial charge on any atom is 0.208 e. The number of Topliss-reactive ketones (excluding diaryl/α,β-unsaturated/α-hetero) is 1. The molecule has 0 fully saturated rings. The number of hydrogen-bond donors (Lipinski definition) is 1. The largest absolute Gasteiger partial charge is 0.348 e. The van der Waals surface area contributed by atoms with Crippen molar-refractivity contribution in [1.29, 1.82) is 0 Å². The molecule has 0 aliphatic rings. The quantitative estimate of drug-likeness (QED) is 0.473. The molecule has 3 heterocycles. The van der Waals surface area contributed by atoms with Gasteiger partial charge in [0, 0.05) is 34.8 Å². The molecular formula is C18H22N4OS2. The molecule has 0 unspecified atom stereocenters. The average molecular weight is 375 g/mol. The van der Waals surface area contributed by atoms with Crippen molar-refractivity contribution in [2.24, 2.45) is 0 Å². The summed E-state index contributed by atoms with van der Waals surface area (Å²) in [6.45, 7) is 7.17. The van der Waals surface area contributed by atoms with Crippen molar-refractivity contribution in [3.05, 3.63) is 51.2 Å². The van der Waals surface area contributed by atoms with E-state index >= 15 is 0 Å². The van der Waals surface area contributed by atoms with Gasteiger partial charge in [-0.1, -0.05) is 24.8 Å². The zero-order valence-electron chi connectivity index (χ0n) is 14.7. The molecule has 3 rings (SSSR count). The first-order chi connectivity index (χ1) is 12.1. The highest BCUT2D eigenvalue weighted by atomic mass is 32.2. The molecular weight excluding hydrogens is 352 g/mol. The molecule has 5 nitrogen and oxygen atoms in total. The minimum absolute atomic E-state index is 0.130. The number of carbonyl (C=O) groups excluding carboxylic acids is 1. The van der Waals surface area contributed by atoms with Crippen LogP contribution in [0.1, 0.15) is 45.8 Å². The average Bonchev–Trinajstić information content (AvgIpc) is 3.31. The Labute approximate surface area is 155 Å². The van der Waals surface area contributed by atoms with E-state index in [1.165, 1.54) is 16.6 Å². The molecule has 7 heteroatoms. The molecule has 0 radical (unpaired) electrons. The molecule has 1 N–H and O–H groups in total. The van der Waals surface area contributed by atoms with Gasteiger partial charge >= 0.3 is 0 Å². The van der Waals surface area contributed by atoms with E-state index in [1.807, 2.05) is 19.1 Å². The Kier molecular flexibility index (Phi) is 5.75. The summed E-state index contributed by atoms with van der Waals surface area (Å²) >= 11 is 3.09. The van der Waals surface area contributed by atoms with E-state index in [0.717, 1.165) is 42.2 Å². The number of thioether (sulfide) groups is 1. The molecule has 3 aromatic heterocycles. The second-order valence-corrected chi connectivity index (χ2v) is 7.94. The fourth-order valence-electron chi connectivity index (χ4n) is 2.86. The number of nitrogens with zero attached hydrogens (tertiary/aromatic N) is 3. The van der Waals surface area contributed by atoms with Crippen LogP contribution in [0.2, 0.25) is 0 Å². The third kappa shape index (κ3) is 4.22. The van der Waals surface area contributed by atoms with Crippen LogP contribution in [-0.4, -0.2) is 31.3 Å². The number of carbonyl (C=O) groups is 1. The number of H-pyrrole nitrogens is 1. The zero-order valence-corrected chi connectivity index (χ0v) is 16.3. The monoisotopic (exact) mass is 374 g/mol. The molecule has 0 amide bonds. The van der Waals surface area contributed by atoms with Crippen LogP contribution in [0.3, 0.4) is 0 Å². The smallest absolute Gasteiger partial charge is 0.208 e. The predicted molar refractivity (Wildman–Crippen MR) is 103 cm³/mol. The Morgan fingerprint density at radius 3 is 2.96 bits per heavy atom. The van der Waals surface area contributed by atoms with Crippen LogP contribution in [0.5, 0.6) is 0 Å². The van der Waals surface area contributed by atoms with Gasteiger partial charge in [-0.15, -0.1) is 16.4 Å². The SMILES string of the molecule is CCCn1c(C)cc(C(=O)CSc2n[nH]c(Cc3cccs3)n2)c1C. The van der Waals surface area contributed by atoms with Gasteiger partial charge in [0.25, 0.3) is 0 Å². The summed E-state index contributed by atoms with van der Waals surface area (Å²) in [7, 11) is 0. The third-order valence-electron chi connectivity index (χ3n) is 4.09. The topological polar surface area (TPSA) is 63.6 Å². The van der Waals surface area contributed by atoms with Gasteiger partial charge in [-0.25, -0.2) is 4.98 Å². The number of ketones is 1. The van der Waals surface area contributed by atoms with Crippen molar-refractivity contribution >= 4 is 28.9 Å². The van der Waals surface area contributed by atoms with E-state index in [4.69, 9.17) is 0 Å². The molecule has 3 aromatic rings. The van der Waals surface area contributed by atoms with Gasteiger partial charge in [0.1, 0.15) is 5.82 Å². The molecule has 0 spiro atoms. The standard InChI is InChI=1S/C18H22N4OS2/c1-4-7-22-12(2)9-15(13(22)3)16(23)11-25-18-19-17(20-21-18)10-14-6-5-8-24-14/h5-6,8-9H,4,7,10-11H2,1-3H3,(H,19,20,21). The number of nitrogens with one attached hydrogen (secondary N) is 1. The van der Waals surface area contributed by atoms with Gasteiger partial charge in [0.2, 0.25) is 5.16 Å². The summed E-state index contributed by atoms with van der Waals surface area (Å²) in [5.74, 6) is 1.32. The molecule has 0 saturated carbocycles. The lowest BCUT2D eigenvalue weighted by Crippen LogP contribution is -2.06. The summed E-state index contributed by atoms with van der Waals surface area (Å²) in [4.78, 5) is 18.3. The molecule has 0 saturated heterocycles. The van der Waals surface area contributed by atoms with Crippen molar-refractivity contribution in [1.82, 2.24) is 19.7 Å². The van der Waals surface area contributed by atoms with E-state index in [-0.39, 0.29) is 5.78 Å². The fraction of sp³-hybridized carbons (Fsp3) is 0.389. The summed E-state index contributed by atoms with van der Waals surface area (Å²) in [5.41, 5.74) is 3.01. The molecule has 0 aliphatic heterocycles. The molecule has 0 atom stereocenters. The van der Waals surface area contributed by atoms with Crippen LogP contribution in [0.25, 0.3) is 0 Å². The van der Waals surface area contributed by atoms with Gasteiger partial charge in [-0.2, -0.15) is 0 Å². The Morgan fingerprint density at radius 1 is 1.40 bits per heavy atom. The number of thiophene rings is 1. The fourth-order valence-corrected chi connectivity index (χ4v) is 4.27. The lowest BCUT2D eigenvalue weighted by atomic mass is 10.2. The highest BCUT2D eigenvalue weighted by molar-refractivity contribution is 7.99. The van der Waals surface area contributed by atoms with Crippen LogP contribution in [-0.2, 0) is 13.0 Å². The Bertz CT molecular complexity index is 849. The zero-order chi connectivity index (χ0) is 17.8. The maximum atomic E-state index is 12.6. The molecule has 25 heavy (non-hydrogen) atoms. The van der Waals surface area contributed by atoms with Crippen LogP contribution in [0, 0.1) is 13.8 Å². The van der Waals surface area contributed by atoms with Gasteiger partial charge < -0.3 is 4.57 Å². The minimum Gasteiger partial charge on any atom is -0.348 e. The first-order valence-corrected chi connectivity index (χ1v) is 10.2. The number of aryl methyl sites for hydroxylation is 1. The molecule has 132 valence electrons. The first-order valence-electron chi connectivity index (χ1n) is 8.35. The van der Waals surface area contributed by atoms with E-state index in [1.54, 1.807) is 11.3 Å². The van der Waals surface area contributed by atoms with Gasteiger partial charge in [0.15, 0.2) is 5.78 Å². The lowest BCUT2D eigenvalue weighted by molar-refractivity contribution is 0.102. The van der Waals surface area contributed by atoms with Crippen molar-refractivity contribution < 1.29 is 4.79 Å². The molecule has 0 aliphatic carbocycles. The predicted octanol–water partition coefficient (Wildman–Crippen LogP) is 4.26. The minimum atomic E-state index is 0.130. The van der Waals surface area contributed by atoms with Gasteiger partial charge in [-0.3, -0.25) is 9.89 Å². The summed E-state index contributed by atoms with van der Waals surface area (Å²) < 4.78 is 2.21.